The predicted octanol–water partition coefficient (Wildman–Crippen LogP) is 2.54. The summed E-state index contributed by atoms with van der Waals surface area (Å²) >= 11 is 5.95. The topological polar surface area (TPSA) is 127 Å². The lowest BCUT2D eigenvalue weighted by Gasteiger charge is -2.22. The summed E-state index contributed by atoms with van der Waals surface area (Å²) in [6, 6.07) is 8.30. The van der Waals surface area contributed by atoms with E-state index in [9.17, 15) is 23.3 Å². The molecule has 9 nitrogen and oxygen atoms in total. The number of nitro benzene ring substituents is 1. The van der Waals surface area contributed by atoms with Crippen LogP contribution in [-0.4, -0.2) is 38.1 Å². The minimum absolute atomic E-state index is 0.0166. The highest BCUT2D eigenvalue weighted by atomic mass is 35.5. The zero-order valence-corrected chi connectivity index (χ0v) is 14.9. The van der Waals surface area contributed by atoms with Crippen molar-refractivity contribution in [3.05, 3.63) is 57.6 Å². The van der Waals surface area contributed by atoms with E-state index in [4.69, 9.17) is 21.4 Å². The van der Waals surface area contributed by atoms with Crippen LogP contribution in [0.1, 0.15) is 0 Å². The van der Waals surface area contributed by atoms with Crippen LogP contribution in [0.4, 0.5) is 11.4 Å². The van der Waals surface area contributed by atoms with E-state index in [1.807, 2.05) is 0 Å². The maximum Gasteiger partial charge on any atom is 0.324 e. The number of aliphatic carboxylic acids is 1. The summed E-state index contributed by atoms with van der Waals surface area (Å²) in [5.74, 6) is -1.19. The van der Waals surface area contributed by atoms with Gasteiger partial charge >= 0.3 is 5.97 Å². The molecular formula is C15H13ClN2O7S. The number of hydrogen-bond acceptors (Lipinski definition) is 6. The zero-order valence-electron chi connectivity index (χ0n) is 13.3. The number of nitrogens with zero attached hydrogens (tertiary/aromatic N) is 2. The highest BCUT2D eigenvalue weighted by molar-refractivity contribution is 7.92. The summed E-state index contributed by atoms with van der Waals surface area (Å²) in [7, 11) is -2.99. The van der Waals surface area contributed by atoms with Crippen LogP contribution in [0.15, 0.2) is 47.4 Å². The van der Waals surface area contributed by atoms with Crippen molar-refractivity contribution in [1.29, 1.82) is 0 Å². The third-order valence-corrected chi connectivity index (χ3v) is 5.38. The lowest BCUT2D eigenvalue weighted by atomic mass is 10.3. The van der Waals surface area contributed by atoms with Crippen molar-refractivity contribution in [3.63, 3.8) is 0 Å². The highest BCUT2D eigenvalue weighted by Crippen LogP contribution is 2.31. The van der Waals surface area contributed by atoms with E-state index in [0.717, 1.165) is 12.1 Å². The molecule has 0 heterocycles. The van der Waals surface area contributed by atoms with Crippen molar-refractivity contribution in [2.24, 2.45) is 0 Å². The van der Waals surface area contributed by atoms with Crippen molar-refractivity contribution >= 4 is 39.0 Å². The first kappa shape index (κ1) is 19.5. The van der Waals surface area contributed by atoms with Gasteiger partial charge in [0.05, 0.1) is 27.6 Å². The van der Waals surface area contributed by atoms with Crippen LogP contribution in [0.3, 0.4) is 0 Å². The number of carbonyl (C=O) groups is 1. The SMILES string of the molecule is COc1ccc(S(=O)(=O)N(CC(=O)O)c2cccc([N+](=O)[O-])c2)cc1Cl. The average Bonchev–Trinajstić information content (AvgIpc) is 2.59. The van der Waals surface area contributed by atoms with Gasteiger partial charge in [-0.05, 0) is 24.3 Å². The molecule has 0 unspecified atom stereocenters. The fourth-order valence-corrected chi connectivity index (χ4v) is 3.89. The molecule has 0 bridgehead atoms. The molecule has 0 amide bonds. The van der Waals surface area contributed by atoms with Crippen LogP contribution in [0.25, 0.3) is 0 Å². The fourth-order valence-electron chi connectivity index (χ4n) is 2.13. The maximum absolute atomic E-state index is 12.9. The first-order valence-electron chi connectivity index (χ1n) is 6.99. The summed E-state index contributed by atoms with van der Waals surface area (Å²) in [4.78, 5) is 21.1. The van der Waals surface area contributed by atoms with Crippen molar-refractivity contribution in [2.75, 3.05) is 18.0 Å². The first-order valence-corrected chi connectivity index (χ1v) is 8.81. The number of hydrogen-bond donors (Lipinski definition) is 1. The van der Waals surface area contributed by atoms with Crippen molar-refractivity contribution < 1.29 is 28.0 Å². The van der Waals surface area contributed by atoms with Gasteiger partial charge in [0.2, 0.25) is 0 Å². The van der Waals surface area contributed by atoms with Crippen molar-refractivity contribution in [1.82, 2.24) is 0 Å². The van der Waals surface area contributed by atoms with E-state index in [-0.39, 0.29) is 27.0 Å². The number of non-ortho nitro benzene ring substituents is 1. The zero-order chi connectivity index (χ0) is 19.5. The molecule has 0 aromatic heterocycles. The van der Waals surface area contributed by atoms with Crippen LogP contribution in [-0.2, 0) is 14.8 Å². The smallest absolute Gasteiger partial charge is 0.324 e. The minimum atomic E-state index is -4.35. The van der Waals surface area contributed by atoms with Gasteiger partial charge < -0.3 is 9.84 Å². The Morgan fingerprint density at radius 3 is 2.54 bits per heavy atom. The molecule has 0 aliphatic carbocycles. The lowest BCUT2D eigenvalue weighted by Crippen LogP contribution is -2.35. The Morgan fingerprint density at radius 2 is 2.00 bits per heavy atom. The van der Waals surface area contributed by atoms with Crippen LogP contribution in [0, 0.1) is 10.1 Å². The molecule has 0 atom stereocenters. The second-order valence-corrected chi connectivity index (χ2v) is 7.25. The van der Waals surface area contributed by atoms with Crippen LogP contribution >= 0.6 is 11.6 Å². The van der Waals surface area contributed by atoms with Gasteiger partial charge in [0.25, 0.3) is 15.7 Å². The summed E-state index contributed by atoms with van der Waals surface area (Å²) in [5.41, 5.74) is -0.533. The van der Waals surface area contributed by atoms with E-state index >= 15 is 0 Å². The third kappa shape index (κ3) is 4.03. The van der Waals surface area contributed by atoms with Gasteiger partial charge in [-0.25, -0.2) is 8.42 Å². The van der Waals surface area contributed by atoms with Gasteiger partial charge in [0.15, 0.2) is 0 Å². The summed E-state index contributed by atoms with van der Waals surface area (Å²) in [6.07, 6.45) is 0. The second-order valence-electron chi connectivity index (χ2n) is 4.98. The number of nitro groups is 1. The predicted molar refractivity (Wildman–Crippen MR) is 93.3 cm³/mol. The summed E-state index contributed by atoms with van der Waals surface area (Å²) < 4.78 is 31.3. The largest absolute Gasteiger partial charge is 0.495 e. The Morgan fingerprint density at radius 1 is 1.31 bits per heavy atom. The molecular weight excluding hydrogens is 388 g/mol. The number of carboxylic acids is 1. The van der Waals surface area contributed by atoms with Gasteiger partial charge in [-0.2, -0.15) is 0 Å². The Hall–Kier alpha value is -2.85. The highest BCUT2D eigenvalue weighted by Gasteiger charge is 2.28. The molecule has 2 aromatic carbocycles. The van der Waals surface area contributed by atoms with Crippen LogP contribution in [0.5, 0.6) is 5.75 Å². The van der Waals surface area contributed by atoms with Crippen LogP contribution < -0.4 is 9.04 Å². The maximum atomic E-state index is 12.9. The van der Waals surface area contributed by atoms with E-state index in [1.165, 1.54) is 37.4 Å². The molecule has 0 fully saturated rings. The van der Waals surface area contributed by atoms with Crippen molar-refractivity contribution in [3.8, 4) is 5.75 Å². The van der Waals surface area contributed by atoms with Gasteiger partial charge in [-0.1, -0.05) is 17.7 Å². The Bertz CT molecular complexity index is 962. The lowest BCUT2D eigenvalue weighted by molar-refractivity contribution is -0.384. The first-order chi connectivity index (χ1) is 12.2. The number of benzene rings is 2. The monoisotopic (exact) mass is 400 g/mol. The number of carboxylic acid groups (broad SMARTS) is 1. The molecule has 0 aliphatic heterocycles. The number of anilines is 1. The third-order valence-electron chi connectivity index (χ3n) is 3.32. The van der Waals surface area contributed by atoms with E-state index in [0.29, 0.717) is 4.31 Å². The number of rotatable bonds is 7. The molecule has 1 N–H and O–H groups in total. The Kier molecular flexibility index (Phi) is 5.68. The van der Waals surface area contributed by atoms with Crippen LogP contribution in [0.2, 0.25) is 5.02 Å². The molecule has 2 rings (SSSR count). The minimum Gasteiger partial charge on any atom is -0.495 e. The van der Waals surface area contributed by atoms with Crippen molar-refractivity contribution in [2.45, 2.75) is 4.90 Å². The Labute approximate surface area is 153 Å². The standard InChI is InChI=1S/C15H13ClN2O7S/c1-25-14-6-5-12(8-13(14)16)26(23,24)17(9-15(19)20)10-3-2-4-11(7-10)18(21)22/h2-8H,9H2,1H3,(H,19,20). The Balaban J connectivity index is 2.58. The summed E-state index contributed by atoms with van der Waals surface area (Å²) in [5, 5.41) is 20.0. The second kappa shape index (κ2) is 7.58. The summed E-state index contributed by atoms with van der Waals surface area (Å²) in [6.45, 7) is -0.923. The van der Waals surface area contributed by atoms with E-state index < -0.39 is 27.5 Å². The molecule has 0 saturated carbocycles. The number of ether oxygens (including phenoxy) is 1. The molecule has 0 spiro atoms. The molecule has 11 heteroatoms. The molecule has 2 aromatic rings. The molecule has 0 saturated heterocycles. The molecule has 26 heavy (non-hydrogen) atoms. The number of methoxy groups -OCH3 is 1. The van der Waals surface area contributed by atoms with E-state index in [2.05, 4.69) is 0 Å². The molecule has 0 aliphatic rings. The quantitative estimate of drug-likeness (QED) is 0.558. The van der Waals surface area contributed by atoms with Gasteiger partial charge in [-0.15, -0.1) is 0 Å². The average molecular weight is 401 g/mol. The number of halogens is 1. The molecule has 138 valence electrons. The van der Waals surface area contributed by atoms with E-state index in [1.54, 1.807) is 0 Å². The number of sulfonamides is 1. The van der Waals surface area contributed by atoms with Gasteiger partial charge in [0, 0.05) is 12.1 Å². The molecule has 0 radical (unpaired) electrons. The normalized spacial score (nSPS) is 11.0. The van der Waals surface area contributed by atoms with Gasteiger partial charge in [-0.3, -0.25) is 19.2 Å². The van der Waals surface area contributed by atoms with Gasteiger partial charge in [0.1, 0.15) is 12.3 Å². The fraction of sp³-hybridized carbons (Fsp3) is 0.133.